The number of carbonyl (C=O) groups is 1. The number of aryl methyl sites for hydroxylation is 1. The summed E-state index contributed by atoms with van der Waals surface area (Å²) in [6, 6.07) is 6.52. The van der Waals surface area contributed by atoms with Gasteiger partial charge in [-0.05, 0) is 32.0 Å². The molecule has 1 aliphatic rings. The molecule has 2 heterocycles. The summed E-state index contributed by atoms with van der Waals surface area (Å²) in [5, 5.41) is 17.9. The zero-order valence-corrected chi connectivity index (χ0v) is 14.1. The molecule has 0 spiro atoms. The number of aromatic nitrogens is 3. The first-order chi connectivity index (χ1) is 11.6. The number of hydrogen-bond donors (Lipinski definition) is 1. The third-order valence-corrected chi connectivity index (χ3v) is 4.45. The van der Waals surface area contributed by atoms with E-state index < -0.39 is 0 Å². The summed E-state index contributed by atoms with van der Waals surface area (Å²) in [5.41, 5.74) is 0.532. The van der Waals surface area contributed by atoms with Gasteiger partial charge >= 0.3 is 0 Å². The van der Waals surface area contributed by atoms with Gasteiger partial charge in [0.05, 0.1) is 6.54 Å². The first kappa shape index (κ1) is 16.4. The Balaban J connectivity index is 1.58. The van der Waals surface area contributed by atoms with Gasteiger partial charge in [0.1, 0.15) is 17.4 Å². The molecule has 1 aromatic heterocycles. The van der Waals surface area contributed by atoms with Crippen LogP contribution in [-0.2, 0) is 13.1 Å². The fraction of sp³-hybridized carbons (Fsp3) is 0.471. The Morgan fingerprint density at radius 3 is 2.62 bits per heavy atom. The van der Waals surface area contributed by atoms with Gasteiger partial charge in [0.15, 0.2) is 0 Å². The third-order valence-electron chi connectivity index (χ3n) is 4.45. The molecule has 1 aromatic carbocycles. The maximum atomic E-state index is 12.5. The highest BCUT2D eigenvalue weighted by molar-refractivity contribution is 5.94. The van der Waals surface area contributed by atoms with Crippen molar-refractivity contribution in [1.82, 2.24) is 24.6 Å². The van der Waals surface area contributed by atoms with Gasteiger partial charge in [-0.15, -0.1) is 10.2 Å². The van der Waals surface area contributed by atoms with Crippen LogP contribution in [0, 0.1) is 6.92 Å². The first-order valence-corrected chi connectivity index (χ1v) is 8.28. The highest BCUT2D eigenvalue weighted by Gasteiger charge is 2.23. The average molecular weight is 329 g/mol. The van der Waals surface area contributed by atoms with Crippen LogP contribution in [0.1, 0.15) is 28.9 Å². The summed E-state index contributed by atoms with van der Waals surface area (Å²) >= 11 is 0. The molecule has 0 unspecified atom stereocenters. The monoisotopic (exact) mass is 329 g/mol. The van der Waals surface area contributed by atoms with Gasteiger partial charge < -0.3 is 14.6 Å². The van der Waals surface area contributed by atoms with Crippen LogP contribution >= 0.6 is 0 Å². The van der Waals surface area contributed by atoms with Crippen molar-refractivity contribution < 1.29 is 9.90 Å². The molecule has 2 aromatic rings. The summed E-state index contributed by atoms with van der Waals surface area (Å²) in [5.74, 6) is 2.00. The SMILES string of the molecule is CCn1c(C)nnc1CN1CCN(C(=O)c2cccc(O)c2)CC1. The van der Waals surface area contributed by atoms with Crippen molar-refractivity contribution in [3.05, 3.63) is 41.5 Å². The molecule has 3 rings (SSSR count). The molecule has 0 radical (unpaired) electrons. The van der Waals surface area contributed by atoms with E-state index in [1.54, 1.807) is 18.2 Å². The fourth-order valence-electron chi connectivity index (χ4n) is 3.08. The number of aromatic hydroxyl groups is 1. The quantitative estimate of drug-likeness (QED) is 0.914. The van der Waals surface area contributed by atoms with Crippen LogP contribution in [-0.4, -0.2) is 61.8 Å². The Morgan fingerprint density at radius 1 is 1.21 bits per heavy atom. The van der Waals surface area contributed by atoms with Gasteiger partial charge in [0.2, 0.25) is 0 Å². The van der Waals surface area contributed by atoms with E-state index in [1.165, 1.54) is 6.07 Å². The average Bonchev–Trinajstić information content (AvgIpc) is 2.94. The molecular weight excluding hydrogens is 306 g/mol. The molecule has 1 N–H and O–H groups in total. The molecule has 0 atom stereocenters. The first-order valence-electron chi connectivity index (χ1n) is 8.28. The van der Waals surface area contributed by atoms with Crippen LogP contribution in [0.25, 0.3) is 0 Å². The van der Waals surface area contributed by atoms with Gasteiger partial charge in [0, 0.05) is 38.3 Å². The second-order valence-corrected chi connectivity index (χ2v) is 6.03. The summed E-state index contributed by atoms with van der Waals surface area (Å²) < 4.78 is 2.12. The Labute approximate surface area is 141 Å². The molecule has 7 nitrogen and oxygen atoms in total. The van der Waals surface area contributed by atoms with Crippen molar-refractivity contribution >= 4 is 5.91 Å². The predicted molar refractivity (Wildman–Crippen MR) is 89.7 cm³/mol. The third kappa shape index (κ3) is 3.41. The zero-order valence-electron chi connectivity index (χ0n) is 14.1. The van der Waals surface area contributed by atoms with Gasteiger partial charge in [-0.1, -0.05) is 6.07 Å². The maximum Gasteiger partial charge on any atom is 0.254 e. The molecule has 128 valence electrons. The topological polar surface area (TPSA) is 74.5 Å². The Morgan fingerprint density at radius 2 is 1.96 bits per heavy atom. The minimum absolute atomic E-state index is 0.0295. The lowest BCUT2D eigenvalue weighted by Gasteiger charge is -2.34. The second kappa shape index (κ2) is 7.00. The highest BCUT2D eigenvalue weighted by Crippen LogP contribution is 2.15. The lowest BCUT2D eigenvalue weighted by atomic mass is 10.1. The molecule has 1 saturated heterocycles. The minimum atomic E-state index is -0.0295. The standard InChI is InChI=1S/C17H23N5O2/c1-3-22-13(2)18-19-16(22)12-20-7-9-21(10-8-20)17(24)14-5-4-6-15(23)11-14/h4-6,11,23H,3,7-10,12H2,1-2H3. The highest BCUT2D eigenvalue weighted by atomic mass is 16.3. The molecule has 7 heteroatoms. The predicted octanol–water partition coefficient (Wildman–Crippen LogP) is 1.27. The molecule has 1 fully saturated rings. The van der Waals surface area contributed by atoms with Gasteiger partial charge in [-0.3, -0.25) is 9.69 Å². The molecule has 0 bridgehead atoms. The largest absolute Gasteiger partial charge is 0.508 e. The summed E-state index contributed by atoms with van der Waals surface area (Å²) in [6.45, 7) is 8.63. The Hall–Kier alpha value is -2.41. The molecular formula is C17H23N5O2. The molecule has 24 heavy (non-hydrogen) atoms. The number of benzene rings is 1. The Kier molecular flexibility index (Phi) is 4.80. The number of nitrogens with zero attached hydrogens (tertiary/aromatic N) is 5. The summed E-state index contributed by atoms with van der Waals surface area (Å²) in [7, 11) is 0. The van der Waals surface area contributed by atoms with Crippen LogP contribution in [0.5, 0.6) is 5.75 Å². The van der Waals surface area contributed by atoms with Crippen LogP contribution in [0.4, 0.5) is 0 Å². The van der Waals surface area contributed by atoms with Crippen LogP contribution in [0.2, 0.25) is 0 Å². The fourth-order valence-corrected chi connectivity index (χ4v) is 3.08. The van der Waals surface area contributed by atoms with Crippen molar-refractivity contribution in [2.24, 2.45) is 0 Å². The Bertz CT molecular complexity index is 720. The van der Waals surface area contributed by atoms with Gasteiger partial charge in [-0.25, -0.2) is 0 Å². The van der Waals surface area contributed by atoms with E-state index in [4.69, 9.17) is 0 Å². The molecule has 0 saturated carbocycles. The number of hydrogen-bond acceptors (Lipinski definition) is 5. The van der Waals surface area contributed by atoms with Crippen molar-refractivity contribution in [2.75, 3.05) is 26.2 Å². The molecule has 1 amide bonds. The number of phenols is 1. The number of amides is 1. The second-order valence-electron chi connectivity index (χ2n) is 6.03. The number of rotatable bonds is 4. The molecule has 0 aliphatic carbocycles. The van der Waals surface area contributed by atoms with E-state index in [0.29, 0.717) is 18.7 Å². The lowest BCUT2D eigenvalue weighted by Crippen LogP contribution is -2.48. The number of carbonyl (C=O) groups excluding carboxylic acids is 1. The van der Waals surface area contributed by atoms with E-state index in [9.17, 15) is 9.90 Å². The zero-order chi connectivity index (χ0) is 17.1. The minimum Gasteiger partial charge on any atom is -0.508 e. The van der Waals surface area contributed by atoms with E-state index >= 15 is 0 Å². The van der Waals surface area contributed by atoms with Crippen molar-refractivity contribution in [3.63, 3.8) is 0 Å². The summed E-state index contributed by atoms with van der Waals surface area (Å²) in [4.78, 5) is 16.6. The van der Waals surface area contributed by atoms with E-state index in [1.807, 2.05) is 11.8 Å². The number of piperazine rings is 1. The summed E-state index contributed by atoms with van der Waals surface area (Å²) in [6.07, 6.45) is 0. The van der Waals surface area contributed by atoms with Crippen molar-refractivity contribution in [3.8, 4) is 5.75 Å². The van der Waals surface area contributed by atoms with Crippen LogP contribution in [0.15, 0.2) is 24.3 Å². The smallest absolute Gasteiger partial charge is 0.254 e. The van der Waals surface area contributed by atoms with Crippen LogP contribution in [0.3, 0.4) is 0 Å². The van der Waals surface area contributed by atoms with E-state index in [0.717, 1.165) is 37.8 Å². The van der Waals surface area contributed by atoms with E-state index in [-0.39, 0.29) is 11.7 Å². The number of phenolic OH excluding ortho intramolecular Hbond substituents is 1. The van der Waals surface area contributed by atoms with Crippen molar-refractivity contribution in [1.29, 1.82) is 0 Å². The van der Waals surface area contributed by atoms with Crippen LogP contribution < -0.4 is 0 Å². The van der Waals surface area contributed by atoms with Gasteiger partial charge in [0.25, 0.3) is 5.91 Å². The normalized spacial score (nSPS) is 15.7. The maximum absolute atomic E-state index is 12.5. The lowest BCUT2D eigenvalue weighted by molar-refractivity contribution is 0.0623. The van der Waals surface area contributed by atoms with E-state index in [2.05, 4.69) is 26.6 Å². The molecule has 1 aliphatic heterocycles. The van der Waals surface area contributed by atoms with Crippen molar-refractivity contribution in [2.45, 2.75) is 26.9 Å². The van der Waals surface area contributed by atoms with Gasteiger partial charge in [-0.2, -0.15) is 0 Å².